The Morgan fingerprint density at radius 3 is 2.96 bits per heavy atom. The number of nitrogens with one attached hydrogen (secondary N) is 1. The Kier molecular flexibility index (Phi) is 6.47. The van der Waals surface area contributed by atoms with Crippen molar-refractivity contribution < 1.29 is 9.53 Å². The van der Waals surface area contributed by atoms with Crippen molar-refractivity contribution in [1.29, 1.82) is 0 Å². The van der Waals surface area contributed by atoms with Crippen LogP contribution in [0.4, 0.5) is 5.69 Å². The molecule has 1 aliphatic heterocycles. The molecule has 4 nitrogen and oxygen atoms in total. The molecule has 1 amide bonds. The number of carbonyl (C=O) groups excluding carboxylic acids is 1. The van der Waals surface area contributed by atoms with Gasteiger partial charge in [-0.2, -0.15) is 0 Å². The zero-order valence-corrected chi connectivity index (χ0v) is 18.0. The van der Waals surface area contributed by atoms with Crippen LogP contribution in [-0.4, -0.2) is 17.7 Å². The third kappa shape index (κ3) is 4.86. The van der Waals surface area contributed by atoms with E-state index in [1.54, 1.807) is 0 Å². The van der Waals surface area contributed by atoms with E-state index in [2.05, 4.69) is 38.8 Å². The lowest BCUT2D eigenvalue weighted by Gasteiger charge is -2.05. The van der Waals surface area contributed by atoms with Gasteiger partial charge in [0, 0.05) is 5.02 Å². The van der Waals surface area contributed by atoms with Crippen molar-refractivity contribution in [3.05, 3.63) is 61.0 Å². The first-order valence-corrected chi connectivity index (χ1v) is 10.2. The van der Waals surface area contributed by atoms with Gasteiger partial charge in [-0.3, -0.25) is 4.79 Å². The molecule has 0 bridgehead atoms. The minimum absolute atomic E-state index is 0.180. The van der Waals surface area contributed by atoms with Crippen molar-refractivity contribution in [2.24, 2.45) is 4.99 Å². The molecule has 0 aromatic heterocycles. The molecule has 1 saturated heterocycles. The fraction of sp³-hybridized carbons (Fsp3) is 0.100. The molecule has 1 heterocycles. The lowest BCUT2D eigenvalue weighted by atomic mass is 10.2. The van der Waals surface area contributed by atoms with Gasteiger partial charge in [-0.1, -0.05) is 29.7 Å². The highest BCUT2D eigenvalue weighted by molar-refractivity contribution is 14.1. The van der Waals surface area contributed by atoms with Crippen molar-refractivity contribution in [2.45, 2.75) is 6.92 Å². The van der Waals surface area contributed by atoms with Gasteiger partial charge in [-0.15, -0.1) is 6.42 Å². The number of aliphatic imine (C=N–C) groups is 1. The Bertz CT molecular complexity index is 1010. The van der Waals surface area contributed by atoms with E-state index < -0.39 is 0 Å². The summed E-state index contributed by atoms with van der Waals surface area (Å²) in [6.45, 7) is 2.11. The predicted molar refractivity (Wildman–Crippen MR) is 120 cm³/mol. The van der Waals surface area contributed by atoms with Crippen LogP contribution in [0.3, 0.4) is 0 Å². The summed E-state index contributed by atoms with van der Waals surface area (Å²) >= 11 is 9.60. The van der Waals surface area contributed by atoms with E-state index in [1.165, 1.54) is 11.8 Å². The number of terminal acetylenes is 1. The van der Waals surface area contributed by atoms with Gasteiger partial charge in [-0.05, 0) is 82.7 Å². The average Bonchev–Trinajstić information content (AvgIpc) is 2.97. The maximum absolute atomic E-state index is 12.3. The molecule has 0 aliphatic carbocycles. The third-order valence-electron chi connectivity index (χ3n) is 3.68. The summed E-state index contributed by atoms with van der Waals surface area (Å²) in [6, 6.07) is 11.2. The summed E-state index contributed by atoms with van der Waals surface area (Å²) < 4.78 is 6.38. The zero-order valence-electron chi connectivity index (χ0n) is 14.3. The Balaban J connectivity index is 1.81. The smallest absolute Gasteiger partial charge is 0.264 e. The number of rotatable bonds is 4. The molecular formula is C20H14ClIN2O2S. The van der Waals surface area contributed by atoms with Crippen LogP contribution in [0.25, 0.3) is 6.08 Å². The van der Waals surface area contributed by atoms with E-state index in [4.69, 9.17) is 22.8 Å². The zero-order chi connectivity index (χ0) is 19.4. The second-order valence-corrected chi connectivity index (χ2v) is 8.15. The maximum atomic E-state index is 12.3. The van der Waals surface area contributed by atoms with E-state index in [-0.39, 0.29) is 12.5 Å². The highest BCUT2D eigenvalue weighted by atomic mass is 127. The number of amidine groups is 1. The second kappa shape index (κ2) is 8.83. The summed E-state index contributed by atoms with van der Waals surface area (Å²) in [5.74, 6) is 2.98. The molecule has 27 heavy (non-hydrogen) atoms. The van der Waals surface area contributed by atoms with Crippen LogP contribution >= 0.6 is 46.0 Å². The molecule has 1 aliphatic rings. The maximum Gasteiger partial charge on any atom is 0.264 e. The third-order valence-corrected chi connectivity index (χ3v) is 5.84. The van der Waals surface area contributed by atoms with E-state index in [9.17, 15) is 4.79 Å². The molecule has 0 atom stereocenters. The van der Waals surface area contributed by atoms with Crippen molar-refractivity contribution in [2.75, 3.05) is 6.61 Å². The predicted octanol–water partition coefficient (Wildman–Crippen LogP) is 5.16. The number of ether oxygens (including phenoxy) is 1. The Hall–Kier alpha value is -1.95. The fourth-order valence-corrected chi connectivity index (χ4v) is 4.00. The van der Waals surface area contributed by atoms with Crippen LogP contribution in [0.2, 0.25) is 5.02 Å². The summed E-state index contributed by atoms with van der Waals surface area (Å²) in [5, 5.41) is 3.96. The normalized spacial score (nSPS) is 16.4. The highest BCUT2D eigenvalue weighted by Gasteiger charge is 2.24. The van der Waals surface area contributed by atoms with Crippen LogP contribution in [0.5, 0.6) is 5.75 Å². The molecule has 0 saturated carbocycles. The lowest BCUT2D eigenvalue weighted by Crippen LogP contribution is -2.19. The number of hydrogen-bond acceptors (Lipinski definition) is 4. The van der Waals surface area contributed by atoms with Gasteiger partial charge in [0.2, 0.25) is 0 Å². The lowest BCUT2D eigenvalue weighted by molar-refractivity contribution is -0.115. The van der Waals surface area contributed by atoms with Crippen LogP contribution in [-0.2, 0) is 4.79 Å². The summed E-state index contributed by atoms with van der Waals surface area (Å²) in [5.41, 5.74) is 2.50. The van der Waals surface area contributed by atoms with Gasteiger partial charge in [0.1, 0.15) is 12.4 Å². The molecule has 1 fully saturated rings. The molecule has 2 aromatic rings. The first-order valence-electron chi connectivity index (χ1n) is 7.88. The molecule has 0 radical (unpaired) electrons. The molecule has 136 valence electrons. The molecule has 7 heteroatoms. The van der Waals surface area contributed by atoms with Crippen molar-refractivity contribution in [3.63, 3.8) is 0 Å². The SMILES string of the molecule is C#CCOc1ccc(/C=C2/SC(=Nc3cccc(Cl)c3C)NC2=O)cc1I. The second-order valence-electron chi connectivity index (χ2n) is 5.55. The van der Waals surface area contributed by atoms with Gasteiger partial charge >= 0.3 is 0 Å². The minimum atomic E-state index is -0.180. The molecule has 2 aromatic carbocycles. The van der Waals surface area contributed by atoms with Gasteiger partial charge < -0.3 is 10.1 Å². The molecule has 1 N–H and O–H groups in total. The number of halogens is 2. The monoisotopic (exact) mass is 508 g/mol. The van der Waals surface area contributed by atoms with Crippen molar-refractivity contribution >= 4 is 68.8 Å². The Labute approximate surface area is 180 Å². The number of nitrogens with zero attached hydrogens (tertiary/aromatic N) is 1. The van der Waals surface area contributed by atoms with Crippen molar-refractivity contribution in [3.8, 4) is 18.1 Å². The van der Waals surface area contributed by atoms with Crippen LogP contribution in [0.1, 0.15) is 11.1 Å². The van der Waals surface area contributed by atoms with E-state index in [0.717, 1.165) is 26.1 Å². The average molecular weight is 509 g/mol. The van der Waals surface area contributed by atoms with Crippen LogP contribution in [0, 0.1) is 22.8 Å². The first kappa shape index (κ1) is 19.8. The number of thioether (sulfide) groups is 1. The standard InChI is InChI=1S/C20H14ClIN2O2S/c1-3-9-26-17-8-7-13(10-15(17)22)11-18-19(25)24-20(27-18)23-16-6-4-5-14(21)12(16)2/h1,4-8,10-11H,9H2,2H3,(H,23,24,25)/b18-11+. The highest BCUT2D eigenvalue weighted by Crippen LogP contribution is 2.32. The molecule has 0 unspecified atom stereocenters. The summed E-state index contributed by atoms with van der Waals surface area (Å²) in [4.78, 5) is 17.3. The first-order chi connectivity index (χ1) is 13.0. The largest absolute Gasteiger partial charge is 0.480 e. The Morgan fingerprint density at radius 2 is 2.22 bits per heavy atom. The number of amides is 1. The van der Waals surface area contributed by atoms with E-state index >= 15 is 0 Å². The summed E-state index contributed by atoms with van der Waals surface area (Å²) in [7, 11) is 0. The van der Waals surface area contributed by atoms with Crippen LogP contribution < -0.4 is 10.1 Å². The fourth-order valence-electron chi connectivity index (χ4n) is 2.30. The quantitative estimate of drug-likeness (QED) is 0.353. The summed E-state index contributed by atoms with van der Waals surface area (Å²) in [6.07, 6.45) is 7.03. The van der Waals surface area contributed by atoms with Gasteiger partial charge in [-0.25, -0.2) is 4.99 Å². The number of benzene rings is 2. The Morgan fingerprint density at radius 1 is 1.41 bits per heavy atom. The van der Waals surface area contributed by atoms with Gasteiger partial charge in [0.25, 0.3) is 5.91 Å². The van der Waals surface area contributed by atoms with Gasteiger partial charge in [0.05, 0.1) is 14.2 Å². The minimum Gasteiger partial charge on any atom is -0.480 e. The molecular weight excluding hydrogens is 495 g/mol. The number of carbonyl (C=O) groups is 1. The van der Waals surface area contributed by atoms with E-state index in [0.29, 0.717) is 15.1 Å². The number of hydrogen-bond donors (Lipinski definition) is 1. The van der Waals surface area contributed by atoms with Gasteiger partial charge in [0.15, 0.2) is 5.17 Å². The topological polar surface area (TPSA) is 50.7 Å². The molecule has 3 rings (SSSR count). The van der Waals surface area contributed by atoms with Crippen LogP contribution in [0.15, 0.2) is 46.3 Å². The van der Waals surface area contributed by atoms with Crippen molar-refractivity contribution in [1.82, 2.24) is 5.32 Å². The van der Waals surface area contributed by atoms with E-state index in [1.807, 2.05) is 49.4 Å². The molecule has 0 spiro atoms.